The molecule has 1 aromatic heterocycles. The summed E-state index contributed by atoms with van der Waals surface area (Å²) in [7, 11) is 1.53. The molecule has 0 spiro atoms. The van der Waals surface area contributed by atoms with E-state index in [1.165, 1.54) is 7.11 Å². The van der Waals surface area contributed by atoms with E-state index in [0.717, 1.165) is 28.1 Å². The van der Waals surface area contributed by atoms with E-state index in [1.807, 2.05) is 62.4 Å². The Morgan fingerprint density at radius 2 is 1.63 bits per heavy atom. The quantitative estimate of drug-likeness (QED) is 0.423. The number of benzene rings is 3. The summed E-state index contributed by atoms with van der Waals surface area (Å²) in [6.45, 7) is 4.05. The summed E-state index contributed by atoms with van der Waals surface area (Å²) in [5.41, 5.74) is 5.06. The maximum atomic E-state index is 12.9. The lowest BCUT2D eigenvalue weighted by atomic mass is 10.1. The Bertz CT molecular complexity index is 1200. The first-order valence-corrected chi connectivity index (χ1v) is 9.65. The highest BCUT2D eigenvalue weighted by atomic mass is 16.5. The van der Waals surface area contributed by atoms with Crippen LogP contribution in [0.3, 0.4) is 0 Å². The lowest BCUT2D eigenvalue weighted by molar-refractivity contribution is 0.0719. The number of nitrogens with zero attached hydrogens (tertiary/aromatic N) is 2. The molecule has 4 aromatic rings. The van der Waals surface area contributed by atoms with Crippen molar-refractivity contribution in [3.63, 3.8) is 0 Å². The molecule has 0 aliphatic rings. The predicted octanol–water partition coefficient (Wildman–Crippen LogP) is 5.38. The van der Waals surface area contributed by atoms with Gasteiger partial charge in [0.05, 0.1) is 18.5 Å². The van der Waals surface area contributed by atoms with Gasteiger partial charge in [-0.1, -0.05) is 60.2 Å². The van der Waals surface area contributed by atoms with Crippen molar-refractivity contribution in [3.05, 3.63) is 95.6 Å². The average molecular weight is 398 g/mol. The fraction of sp³-hybridized carbons (Fsp3) is 0.120. The zero-order valence-electron chi connectivity index (χ0n) is 17.1. The molecule has 0 amide bonds. The van der Waals surface area contributed by atoms with Crippen molar-refractivity contribution >= 4 is 5.97 Å². The molecule has 0 atom stereocenters. The minimum atomic E-state index is -0.502. The molecule has 0 aliphatic carbocycles. The number of methoxy groups -OCH3 is 1. The number of carbonyl (C=O) groups is 1. The molecule has 5 heteroatoms. The summed E-state index contributed by atoms with van der Waals surface area (Å²) < 4.78 is 12.8. The number of aromatic nitrogens is 2. The van der Waals surface area contributed by atoms with Crippen LogP contribution >= 0.6 is 0 Å². The topological polar surface area (TPSA) is 53.4 Å². The number of rotatable bonds is 5. The van der Waals surface area contributed by atoms with Gasteiger partial charge in [0, 0.05) is 11.6 Å². The third-order valence-electron chi connectivity index (χ3n) is 4.85. The summed E-state index contributed by atoms with van der Waals surface area (Å²) in [6, 6.07) is 24.6. The number of hydrogen-bond donors (Lipinski definition) is 0. The van der Waals surface area contributed by atoms with Gasteiger partial charge in [0.2, 0.25) is 5.88 Å². The summed E-state index contributed by atoms with van der Waals surface area (Å²) in [5, 5.41) is 4.74. The number of ether oxygens (including phenoxy) is 2. The van der Waals surface area contributed by atoms with Crippen molar-refractivity contribution in [1.29, 1.82) is 0 Å². The van der Waals surface area contributed by atoms with Gasteiger partial charge in [0.15, 0.2) is 0 Å². The summed E-state index contributed by atoms with van der Waals surface area (Å²) in [6.07, 6.45) is 0. The van der Waals surface area contributed by atoms with E-state index in [4.69, 9.17) is 14.6 Å². The second-order valence-electron chi connectivity index (χ2n) is 7.03. The Labute approximate surface area is 175 Å². The molecule has 0 bridgehead atoms. The maximum absolute atomic E-state index is 12.9. The first-order valence-electron chi connectivity index (χ1n) is 9.65. The van der Waals surface area contributed by atoms with E-state index in [2.05, 4.69) is 6.07 Å². The highest BCUT2D eigenvalue weighted by molar-refractivity contribution is 5.94. The second kappa shape index (κ2) is 8.25. The van der Waals surface area contributed by atoms with E-state index in [0.29, 0.717) is 17.2 Å². The van der Waals surface area contributed by atoms with Crippen LogP contribution in [0.5, 0.6) is 11.6 Å². The standard InChI is InChI=1S/C25H22N2O3/c1-17-13-14-22(18(2)15-17)27-24(16-21(26-27)19-9-5-4-6-10-19)30-25(28)20-11-7-8-12-23(20)29-3/h4-16H,1-3H3. The van der Waals surface area contributed by atoms with Gasteiger partial charge in [-0.15, -0.1) is 0 Å². The summed E-state index contributed by atoms with van der Waals surface area (Å²) in [5.74, 6) is 0.304. The predicted molar refractivity (Wildman–Crippen MR) is 116 cm³/mol. The Balaban J connectivity index is 1.79. The van der Waals surface area contributed by atoms with Crippen LogP contribution in [0.2, 0.25) is 0 Å². The van der Waals surface area contributed by atoms with Gasteiger partial charge in [-0.3, -0.25) is 0 Å². The lowest BCUT2D eigenvalue weighted by Crippen LogP contribution is -2.13. The molecular formula is C25H22N2O3. The summed E-state index contributed by atoms with van der Waals surface area (Å²) in [4.78, 5) is 12.9. The molecule has 4 rings (SSSR count). The highest BCUT2D eigenvalue weighted by Gasteiger charge is 2.20. The monoisotopic (exact) mass is 398 g/mol. The molecule has 0 saturated heterocycles. The SMILES string of the molecule is COc1ccccc1C(=O)Oc1cc(-c2ccccc2)nn1-c1ccc(C)cc1C. The summed E-state index contributed by atoms with van der Waals surface area (Å²) >= 11 is 0. The minimum Gasteiger partial charge on any atom is -0.496 e. The largest absolute Gasteiger partial charge is 0.496 e. The molecule has 150 valence electrons. The molecule has 3 aromatic carbocycles. The normalized spacial score (nSPS) is 10.6. The first-order chi connectivity index (χ1) is 14.6. The van der Waals surface area contributed by atoms with E-state index in [1.54, 1.807) is 28.9 Å². The fourth-order valence-corrected chi connectivity index (χ4v) is 3.37. The van der Waals surface area contributed by atoms with Crippen LogP contribution in [0.15, 0.2) is 78.9 Å². The van der Waals surface area contributed by atoms with Crippen molar-refractivity contribution in [2.45, 2.75) is 13.8 Å². The molecule has 5 nitrogen and oxygen atoms in total. The van der Waals surface area contributed by atoms with Gasteiger partial charge in [-0.05, 0) is 37.6 Å². The van der Waals surface area contributed by atoms with Crippen LogP contribution in [-0.4, -0.2) is 22.9 Å². The molecule has 0 radical (unpaired) electrons. The van der Waals surface area contributed by atoms with Gasteiger partial charge in [-0.25, -0.2) is 4.79 Å². The van der Waals surface area contributed by atoms with E-state index < -0.39 is 5.97 Å². The number of carbonyl (C=O) groups excluding carboxylic acids is 1. The number of aryl methyl sites for hydroxylation is 2. The Kier molecular flexibility index (Phi) is 5.35. The fourth-order valence-electron chi connectivity index (χ4n) is 3.37. The third-order valence-corrected chi connectivity index (χ3v) is 4.85. The zero-order chi connectivity index (χ0) is 21.1. The number of hydrogen-bond acceptors (Lipinski definition) is 4. The van der Waals surface area contributed by atoms with Gasteiger partial charge < -0.3 is 9.47 Å². The molecular weight excluding hydrogens is 376 g/mol. The van der Waals surface area contributed by atoms with Crippen LogP contribution in [0.4, 0.5) is 0 Å². The molecule has 0 saturated carbocycles. The first kappa shape index (κ1) is 19.5. The van der Waals surface area contributed by atoms with E-state index in [-0.39, 0.29) is 0 Å². The molecule has 0 fully saturated rings. The van der Waals surface area contributed by atoms with Crippen molar-refractivity contribution in [3.8, 4) is 28.6 Å². The smallest absolute Gasteiger partial charge is 0.348 e. The van der Waals surface area contributed by atoms with Crippen molar-refractivity contribution < 1.29 is 14.3 Å². The number of esters is 1. The van der Waals surface area contributed by atoms with Crippen LogP contribution in [0, 0.1) is 13.8 Å². The Morgan fingerprint density at radius 1 is 0.900 bits per heavy atom. The average Bonchev–Trinajstić information content (AvgIpc) is 3.17. The Morgan fingerprint density at radius 3 is 2.37 bits per heavy atom. The molecule has 0 N–H and O–H groups in total. The van der Waals surface area contributed by atoms with Crippen molar-refractivity contribution in [2.24, 2.45) is 0 Å². The highest BCUT2D eigenvalue weighted by Crippen LogP contribution is 2.29. The van der Waals surface area contributed by atoms with Crippen LogP contribution in [0.25, 0.3) is 16.9 Å². The Hall–Kier alpha value is -3.86. The van der Waals surface area contributed by atoms with Gasteiger partial charge in [-0.2, -0.15) is 9.78 Å². The van der Waals surface area contributed by atoms with Gasteiger partial charge >= 0.3 is 5.97 Å². The maximum Gasteiger partial charge on any atom is 0.348 e. The van der Waals surface area contributed by atoms with E-state index in [9.17, 15) is 4.79 Å². The molecule has 30 heavy (non-hydrogen) atoms. The molecule has 1 heterocycles. The third kappa shape index (κ3) is 3.82. The number of para-hydroxylation sites is 1. The van der Waals surface area contributed by atoms with Gasteiger partial charge in [0.25, 0.3) is 0 Å². The molecule has 0 unspecified atom stereocenters. The van der Waals surface area contributed by atoms with Gasteiger partial charge in [0.1, 0.15) is 11.3 Å². The van der Waals surface area contributed by atoms with Crippen LogP contribution in [-0.2, 0) is 0 Å². The van der Waals surface area contributed by atoms with Crippen LogP contribution < -0.4 is 9.47 Å². The minimum absolute atomic E-state index is 0.344. The van der Waals surface area contributed by atoms with Crippen LogP contribution in [0.1, 0.15) is 21.5 Å². The molecule has 0 aliphatic heterocycles. The second-order valence-corrected chi connectivity index (χ2v) is 7.03. The lowest BCUT2D eigenvalue weighted by Gasteiger charge is -2.12. The van der Waals surface area contributed by atoms with Crippen molar-refractivity contribution in [2.75, 3.05) is 7.11 Å². The zero-order valence-corrected chi connectivity index (χ0v) is 17.1. The van der Waals surface area contributed by atoms with E-state index >= 15 is 0 Å². The van der Waals surface area contributed by atoms with Crippen molar-refractivity contribution in [1.82, 2.24) is 9.78 Å².